The van der Waals surface area contributed by atoms with Crippen molar-refractivity contribution in [3.8, 4) is 0 Å². The summed E-state index contributed by atoms with van der Waals surface area (Å²) in [6.45, 7) is 0. The number of rotatable bonds is 5. The summed E-state index contributed by atoms with van der Waals surface area (Å²) in [5, 5.41) is 26.7. The molecule has 4 aliphatic rings. The van der Waals surface area contributed by atoms with E-state index in [0.29, 0.717) is 36.9 Å². The van der Waals surface area contributed by atoms with Gasteiger partial charge < -0.3 is 20.9 Å². The van der Waals surface area contributed by atoms with Gasteiger partial charge in [0.25, 0.3) is 0 Å². The van der Waals surface area contributed by atoms with E-state index in [1.54, 1.807) is 0 Å². The Bertz CT molecular complexity index is 340. The molecule has 0 aromatic rings. The average Bonchev–Trinajstić information content (AvgIpc) is 3.00. The predicted octanol–water partition coefficient (Wildman–Crippen LogP) is -0.857. The fraction of sp³-hybridized carbons (Fsp3) is 0.900. The SMILES string of the molecule is NC1(C(=O)O)C(CCCB(O)O)C2C3[C@H]2[C@@H]31. The van der Waals surface area contributed by atoms with Crippen LogP contribution in [0.5, 0.6) is 0 Å². The topological polar surface area (TPSA) is 104 Å². The van der Waals surface area contributed by atoms with Crippen molar-refractivity contribution < 1.29 is 19.9 Å². The van der Waals surface area contributed by atoms with Gasteiger partial charge in [0.05, 0.1) is 0 Å². The Morgan fingerprint density at radius 3 is 2.44 bits per heavy atom. The molecule has 5 N–H and O–H groups in total. The van der Waals surface area contributed by atoms with E-state index in [0.717, 1.165) is 0 Å². The summed E-state index contributed by atoms with van der Waals surface area (Å²) in [6, 6.07) is 0. The molecule has 0 saturated heterocycles. The molecule has 0 amide bonds. The second-order valence-electron chi connectivity index (χ2n) is 5.51. The summed E-state index contributed by atoms with van der Waals surface area (Å²) < 4.78 is 0. The van der Waals surface area contributed by atoms with E-state index in [2.05, 4.69) is 0 Å². The molecule has 6 heteroatoms. The fourth-order valence-corrected chi connectivity index (χ4v) is 4.07. The molecule has 6 atom stereocenters. The van der Waals surface area contributed by atoms with Gasteiger partial charge in [-0.2, -0.15) is 0 Å². The molecule has 2 bridgehead atoms. The first-order chi connectivity index (χ1) is 7.49. The number of hydrogen-bond donors (Lipinski definition) is 4. The molecule has 0 aromatic heterocycles. The van der Waals surface area contributed by atoms with Gasteiger partial charge in [-0.1, -0.05) is 6.42 Å². The van der Waals surface area contributed by atoms with E-state index in [-0.39, 0.29) is 11.8 Å². The molecule has 0 radical (unpaired) electrons. The molecule has 4 unspecified atom stereocenters. The molecule has 5 nitrogen and oxygen atoms in total. The number of fused-ring (bicyclic) bond motifs is 1. The molecule has 88 valence electrons. The van der Waals surface area contributed by atoms with Crippen molar-refractivity contribution in [3.05, 3.63) is 0 Å². The van der Waals surface area contributed by atoms with Crippen molar-refractivity contribution >= 4 is 13.1 Å². The second-order valence-corrected chi connectivity index (χ2v) is 5.51. The Balaban J connectivity index is 1.64. The predicted molar refractivity (Wildman–Crippen MR) is 56.2 cm³/mol. The van der Waals surface area contributed by atoms with Crippen molar-refractivity contribution in [2.75, 3.05) is 0 Å². The van der Waals surface area contributed by atoms with Gasteiger partial charge in [0, 0.05) is 0 Å². The zero-order valence-electron chi connectivity index (χ0n) is 8.91. The largest absolute Gasteiger partial charge is 0.480 e. The van der Waals surface area contributed by atoms with E-state index in [4.69, 9.17) is 15.8 Å². The fourth-order valence-electron chi connectivity index (χ4n) is 4.07. The van der Waals surface area contributed by atoms with Crippen molar-refractivity contribution in [3.63, 3.8) is 0 Å². The molecule has 0 aromatic carbocycles. The molecular formula is C10H16BNO4. The van der Waals surface area contributed by atoms with Gasteiger partial charge in [-0.3, -0.25) is 4.79 Å². The van der Waals surface area contributed by atoms with Gasteiger partial charge in [0.1, 0.15) is 5.54 Å². The van der Waals surface area contributed by atoms with Crippen LogP contribution < -0.4 is 5.73 Å². The summed E-state index contributed by atoms with van der Waals surface area (Å²) in [4.78, 5) is 11.3. The van der Waals surface area contributed by atoms with Crippen LogP contribution >= 0.6 is 0 Å². The molecule has 0 heterocycles. The van der Waals surface area contributed by atoms with E-state index in [9.17, 15) is 9.90 Å². The first kappa shape index (κ1) is 10.6. The Kier molecular flexibility index (Phi) is 1.98. The minimum Gasteiger partial charge on any atom is -0.480 e. The molecule has 4 aliphatic carbocycles. The maximum absolute atomic E-state index is 11.3. The van der Waals surface area contributed by atoms with Crippen LogP contribution in [0.1, 0.15) is 12.8 Å². The average molecular weight is 225 g/mol. The van der Waals surface area contributed by atoms with Crippen LogP contribution in [0.4, 0.5) is 0 Å². The third-order valence-electron chi connectivity index (χ3n) is 4.86. The summed E-state index contributed by atoms with van der Waals surface area (Å²) in [5.41, 5.74) is 5.02. The van der Waals surface area contributed by atoms with Crippen molar-refractivity contribution in [2.45, 2.75) is 24.7 Å². The van der Waals surface area contributed by atoms with Crippen LogP contribution in [0.2, 0.25) is 6.32 Å². The number of carbonyl (C=O) groups is 1. The maximum atomic E-state index is 11.3. The number of nitrogens with two attached hydrogens (primary N) is 1. The Morgan fingerprint density at radius 2 is 1.94 bits per heavy atom. The highest BCUT2D eigenvalue weighted by molar-refractivity contribution is 6.40. The van der Waals surface area contributed by atoms with Gasteiger partial charge in [-0.05, 0) is 42.3 Å². The van der Waals surface area contributed by atoms with Gasteiger partial charge in [0.2, 0.25) is 0 Å². The molecule has 0 aliphatic heterocycles. The van der Waals surface area contributed by atoms with Crippen LogP contribution in [-0.2, 0) is 4.79 Å². The standard InChI is InChI=1S/C10H16BNO4/c12-10(9(13)14)4(2-1-3-11(15)16)5-6-7(5)8(6)10/h4-8,15-16H,1-3,12H2,(H,13,14)/t4?,5?,6-,7?,8-,10?/m0/s1. The monoisotopic (exact) mass is 225 g/mol. The summed E-state index contributed by atoms with van der Waals surface area (Å²) in [5.74, 6) is 1.04. The molecule has 4 fully saturated rings. The van der Waals surface area contributed by atoms with Gasteiger partial charge in [-0.15, -0.1) is 0 Å². The Labute approximate surface area is 93.8 Å². The molecule has 4 saturated carbocycles. The lowest BCUT2D eigenvalue weighted by Crippen LogP contribution is -2.52. The minimum absolute atomic E-state index is 0.0451. The number of aliphatic carboxylic acids is 1. The Morgan fingerprint density at radius 1 is 1.31 bits per heavy atom. The van der Waals surface area contributed by atoms with Crippen LogP contribution in [-0.4, -0.2) is 33.8 Å². The van der Waals surface area contributed by atoms with Gasteiger partial charge >= 0.3 is 13.1 Å². The van der Waals surface area contributed by atoms with Crippen LogP contribution in [0.15, 0.2) is 0 Å². The first-order valence-corrected chi connectivity index (χ1v) is 5.88. The highest BCUT2D eigenvalue weighted by atomic mass is 16.4. The van der Waals surface area contributed by atoms with E-state index >= 15 is 0 Å². The smallest absolute Gasteiger partial charge is 0.451 e. The summed E-state index contributed by atoms with van der Waals surface area (Å²) in [7, 11) is -1.29. The van der Waals surface area contributed by atoms with Crippen LogP contribution in [0, 0.1) is 29.6 Å². The Hall–Kier alpha value is -0.585. The third kappa shape index (κ3) is 1.10. The minimum atomic E-state index is -1.29. The maximum Gasteiger partial charge on any atom is 0.451 e. The number of carboxylic acid groups (broad SMARTS) is 1. The lowest BCUT2D eigenvalue weighted by molar-refractivity contribution is -0.145. The first-order valence-electron chi connectivity index (χ1n) is 5.88. The number of hydrogen-bond acceptors (Lipinski definition) is 4. The third-order valence-corrected chi connectivity index (χ3v) is 4.86. The zero-order valence-corrected chi connectivity index (χ0v) is 8.91. The van der Waals surface area contributed by atoms with Crippen molar-refractivity contribution in [2.24, 2.45) is 35.3 Å². The van der Waals surface area contributed by atoms with Crippen molar-refractivity contribution in [1.29, 1.82) is 0 Å². The lowest BCUT2D eigenvalue weighted by Gasteiger charge is -2.26. The molecule has 0 spiro atoms. The second kappa shape index (κ2) is 3.00. The molecular weight excluding hydrogens is 209 g/mol. The summed E-state index contributed by atoms with van der Waals surface area (Å²) in [6.07, 6.45) is 1.64. The lowest BCUT2D eigenvalue weighted by atomic mass is 9.78. The van der Waals surface area contributed by atoms with Crippen LogP contribution in [0.3, 0.4) is 0 Å². The van der Waals surface area contributed by atoms with E-state index < -0.39 is 18.6 Å². The zero-order chi connectivity index (χ0) is 11.7. The van der Waals surface area contributed by atoms with E-state index in [1.165, 1.54) is 0 Å². The van der Waals surface area contributed by atoms with Gasteiger partial charge in [-0.25, -0.2) is 0 Å². The van der Waals surface area contributed by atoms with Gasteiger partial charge in [0.15, 0.2) is 0 Å². The van der Waals surface area contributed by atoms with Crippen LogP contribution in [0.25, 0.3) is 0 Å². The quantitative estimate of drug-likeness (QED) is 0.456. The normalized spacial score (nSPS) is 51.1. The summed E-state index contributed by atoms with van der Waals surface area (Å²) >= 11 is 0. The highest BCUT2D eigenvalue weighted by Crippen LogP contribution is 2.86. The molecule has 4 rings (SSSR count). The highest BCUT2D eigenvalue weighted by Gasteiger charge is 2.89. The van der Waals surface area contributed by atoms with Crippen molar-refractivity contribution in [1.82, 2.24) is 0 Å². The molecule has 16 heavy (non-hydrogen) atoms. The van der Waals surface area contributed by atoms with E-state index in [1.807, 2.05) is 0 Å². The number of carboxylic acids is 1.